The fourth-order valence-corrected chi connectivity index (χ4v) is 4.76. The minimum Gasteiger partial charge on any atom is -0.323 e. The van der Waals surface area contributed by atoms with Crippen molar-refractivity contribution in [3.05, 3.63) is 30.1 Å². The van der Waals surface area contributed by atoms with Crippen molar-refractivity contribution in [1.29, 1.82) is 0 Å². The Bertz CT molecular complexity index is 745. The highest BCUT2D eigenvalue weighted by atomic mass is 35.5. The molecule has 1 aromatic carbocycles. The topological polar surface area (TPSA) is 35.6 Å². The van der Waals surface area contributed by atoms with Crippen LogP contribution in [-0.2, 0) is 0 Å². The molecule has 0 aliphatic carbocycles. The molecule has 3 aliphatic heterocycles. The Hall–Kier alpha value is -1.37. The fraction of sp³-hybridized carbons (Fsp3) is 0.471. The maximum atomic E-state index is 13.3. The van der Waals surface area contributed by atoms with Crippen LogP contribution < -0.4 is 5.32 Å². The summed E-state index contributed by atoms with van der Waals surface area (Å²) in [5, 5.41) is 4.69. The monoisotopic (exact) mass is 369 g/mol. The number of hydrogen-bond donors (Lipinski definition) is 1. The van der Waals surface area contributed by atoms with Crippen molar-refractivity contribution in [2.75, 3.05) is 32.0 Å². The molecule has 0 unspecified atom stereocenters. The summed E-state index contributed by atoms with van der Waals surface area (Å²) in [7, 11) is 1.88. The van der Waals surface area contributed by atoms with Gasteiger partial charge < -0.3 is 9.80 Å². The van der Waals surface area contributed by atoms with Crippen molar-refractivity contribution in [3.8, 4) is 0 Å². The SMILES string of the molecule is CN(C(=O)Nc1cc2ccc(F)cc2s1)[C@H]1CN2CCC1CC2.Cl. The van der Waals surface area contributed by atoms with Gasteiger partial charge in [-0.15, -0.1) is 23.7 Å². The number of nitrogens with zero attached hydrogens (tertiary/aromatic N) is 2. The Morgan fingerprint density at radius 1 is 1.33 bits per heavy atom. The van der Waals surface area contributed by atoms with Gasteiger partial charge in [0.25, 0.3) is 0 Å². The predicted octanol–water partition coefficient (Wildman–Crippen LogP) is 4.02. The van der Waals surface area contributed by atoms with Gasteiger partial charge in [-0.2, -0.15) is 0 Å². The normalized spacial score (nSPS) is 25.3. The number of anilines is 1. The van der Waals surface area contributed by atoms with E-state index in [1.165, 1.54) is 49.4 Å². The molecule has 2 bridgehead atoms. The van der Waals surface area contributed by atoms with Crippen molar-refractivity contribution in [2.45, 2.75) is 18.9 Å². The van der Waals surface area contributed by atoms with E-state index in [9.17, 15) is 9.18 Å². The average molecular weight is 370 g/mol. The lowest BCUT2D eigenvalue weighted by Gasteiger charge is -2.47. The molecule has 130 valence electrons. The summed E-state index contributed by atoms with van der Waals surface area (Å²) in [5.41, 5.74) is 0. The van der Waals surface area contributed by atoms with Gasteiger partial charge in [0.1, 0.15) is 5.82 Å². The number of fused-ring (bicyclic) bond motifs is 4. The van der Waals surface area contributed by atoms with Crippen molar-refractivity contribution >= 4 is 44.9 Å². The lowest BCUT2D eigenvalue weighted by molar-refractivity contribution is 0.0336. The number of hydrogen-bond acceptors (Lipinski definition) is 3. The highest BCUT2D eigenvalue weighted by molar-refractivity contribution is 7.22. The number of piperidine rings is 3. The lowest BCUT2D eigenvalue weighted by Crippen LogP contribution is -2.58. The van der Waals surface area contributed by atoms with Gasteiger partial charge in [-0.05, 0) is 55.4 Å². The number of carbonyl (C=O) groups excluding carboxylic acids is 1. The molecule has 0 spiro atoms. The van der Waals surface area contributed by atoms with Crippen molar-refractivity contribution in [1.82, 2.24) is 9.80 Å². The number of benzene rings is 1. The minimum atomic E-state index is -0.248. The molecule has 24 heavy (non-hydrogen) atoms. The first kappa shape index (κ1) is 17.5. The van der Waals surface area contributed by atoms with Crippen LogP contribution in [0.4, 0.5) is 14.2 Å². The summed E-state index contributed by atoms with van der Waals surface area (Å²) in [5.74, 6) is 0.369. The van der Waals surface area contributed by atoms with E-state index in [0.717, 1.165) is 21.6 Å². The van der Waals surface area contributed by atoms with Gasteiger partial charge in [0, 0.05) is 24.3 Å². The fourth-order valence-electron chi connectivity index (χ4n) is 3.78. The van der Waals surface area contributed by atoms with E-state index in [4.69, 9.17) is 0 Å². The highest BCUT2D eigenvalue weighted by Gasteiger charge is 2.37. The third-order valence-electron chi connectivity index (χ3n) is 5.15. The van der Waals surface area contributed by atoms with Crippen LogP contribution in [0.5, 0.6) is 0 Å². The van der Waals surface area contributed by atoms with Gasteiger partial charge in [-0.3, -0.25) is 5.32 Å². The quantitative estimate of drug-likeness (QED) is 0.867. The predicted molar refractivity (Wildman–Crippen MR) is 98.8 cm³/mol. The zero-order valence-corrected chi connectivity index (χ0v) is 15.1. The summed E-state index contributed by atoms with van der Waals surface area (Å²) >= 11 is 1.41. The molecule has 7 heteroatoms. The Morgan fingerprint density at radius 3 is 2.75 bits per heavy atom. The smallest absolute Gasteiger partial charge is 0.322 e. The number of carbonyl (C=O) groups is 1. The van der Waals surface area contributed by atoms with E-state index >= 15 is 0 Å². The van der Waals surface area contributed by atoms with Gasteiger partial charge in [0.2, 0.25) is 0 Å². The summed E-state index contributed by atoms with van der Waals surface area (Å²) < 4.78 is 14.1. The van der Waals surface area contributed by atoms with E-state index in [0.29, 0.717) is 12.0 Å². The number of likely N-dealkylation sites (N-methyl/N-ethyl adjacent to an activating group) is 1. The molecule has 3 aliphatic rings. The zero-order chi connectivity index (χ0) is 16.0. The van der Waals surface area contributed by atoms with Gasteiger partial charge in [-0.25, -0.2) is 9.18 Å². The van der Waals surface area contributed by atoms with Crippen LogP contribution in [0.1, 0.15) is 12.8 Å². The Labute approximate surface area is 151 Å². The van der Waals surface area contributed by atoms with E-state index in [1.54, 1.807) is 6.07 Å². The van der Waals surface area contributed by atoms with Crippen molar-refractivity contribution < 1.29 is 9.18 Å². The molecule has 4 nitrogen and oxygen atoms in total. The maximum Gasteiger partial charge on any atom is 0.322 e. The second kappa shape index (κ2) is 6.86. The molecule has 0 radical (unpaired) electrons. The molecule has 5 rings (SSSR count). The van der Waals surface area contributed by atoms with E-state index in [2.05, 4.69) is 10.2 Å². The first-order valence-electron chi connectivity index (χ1n) is 8.05. The molecule has 1 aromatic heterocycles. The Balaban J connectivity index is 0.00000169. The number of halogens is 2. The van der Waals surface area contributed by atoms with Crippen LogP contribution >= 0.6 is 23.7 Å². The number of amides is 2. The first-order chi connectivity index (χ1) is 11.1. The van der Waals surface area contributed by atoms with Crippen LogP contribution in [-0.4, -0.2) is 48.6 Å². The van der Waals surface area contributed by atoms with Crippen LogP contribution in [0.2, 0.25) is 0 Å². The molecule has 3 fully saturated rings. The molecule has 2 amide bonds. The standard InChI is InChI=1S/C17H20FN3OS.ClH/c1-20(14-10-21-6-4-11(14)5-7-21)17(22)19-16-8-12-2-3-13(18)9-15(12)23-16;/h2-3,8-9,11,14H,4-7,10H2,1H3,(H,19,22);1H/t14-;/m0./s1. The van der Waals surface area contributed by atoms with E-state index in [1.807, 2.05) is 18.0 Å². The third-order valence-corrected chi connectivity index (χ3v) is 6.17. The summed E-state index contributed by atoms with van der Waals surface area (Å²) in [4.78, 5) is 16.8. The third kappa shape index (κ3) is 3.23. The molecule has 0 saturated carbocycles. The second-order valence-corrected chi connectivity index (χ2v) is 7.62. The Morgan fingerprint density at radius 2 is 2.08 bits per heavy atom. The van der Waals surface area contributed by atoms with Crippen LogP contribution in [0.3, 0.4) is 0 Å². The van der Waals surface area contributed by atoms with Gasteiger partial charge >= 0.3 is 6.03 Å². The zero-order valence-electron chi connectivity index (χ0n) is 13.5. The van der Waals surface area contributed by atoms with Crippen LogP contribution in [0.25, 0.3) is 10.1 Å². The second-order valence-electron chi connectivity index (χ2n) is 6.54. The van der Waals surface area contributed by atoms with E-state index in [-0.39, 0.29) is 24.3 Å². The average Bonchev–Trinajstić information content (AvgIpc) is 2.96. The molecule has 1 atom stereocenters. The van der Waals surface area contributed by atoms with E-state index < -0.39 is 0 Å². The first-order valence-corrected chi connectivity index (χ1v) is 8.87. The number of urea groups is 1. The molecular weight excluding hydrogens is 349 g/mol. The largest absolute Gasteiger partial charge is 0.323 e. The van der Waals surface area contributed by atoms with Gasteiger partial charge in [0.15, 0.2) is 0 Å². The summed E-state index contributed by atoms with van der Waals surface area (Å²) in [6, 6.07) is 6.82. The highest BCUT2D eigenvalue weighted by Crippen LogP contribution is 2.32. The molecule has 1 N–H and O–H groups in total. The molecule has 3 saturated heterocycles. The summed E-state index contributed by atoms with van der Waals surface area (Å²) in [6.07, 6.45) is 2.37. The Kier molecular flexibility index (Phi) is 4.99. The molecular formula is C17H21ClFN3OS. The molecule has 4 heterocycles. The number of rotatable bonds is 2. The van der Waals surface area contributed by atoms with Crippen LogP contribution in [0, 0.1) is 11.7 Å². The number of thiophene rings is 1. The lowest BCUT2D eigenvalue weighted by atomic mass is 9.83. The van der Waals surface area contributed by atoms with Crippen molar-refractivity contribution in [3.63, 3.8) is 0 Å². The van der Waals surface area contributed by atoms with Crippen molar-refractivity contribution in [2.24, 2.45) is 5.92 Å². The molecule has 2 aromatic rings. The summed E-state index contributed by atoms with van der Waals surface area (Å²) in [6.45, 7) is 3.31. The van der Waals surface area contributed by atoms with Gasteiger partial charge in [0.05, 0.1) is 5.00 Å². The van der Waals surface area contributed by atoms with Gasteiger partial charge in [-0.1, -0.05) is 6.07 Å². The van der Waals surface area contributed by atoms with Crippen LogP contribution in [0.15, 0.2) is 24.3 Å². The maximum absolute atomic E-state index is 13.3. The minimum absolute atomic E-state index is 0. The number of nitrogens with one attached hydrogen (secondary N) is 1.